The quantitative estimate of drug-likeness (QED) is 0.594. The number of hydrogen-bond acceptors (Lipinski definition) is 6. The van der Waals surface area contributed by atoms with Gasteiger partial charge in [0.05, 0.1) is 7.11 Å². The van der Waals surface area contributed by atoms with Crippen LogP contribution in [0.5, 0.6) is 5.88 Å². The molecule has 2 aromatic rings. The van der Waals surface area contributed by atoms with Crippen molar-refractivity contribution in [2.75, 3.05) is 31.6 Å². The second-order valence-corrected chi connectivity index (χ2v) is 9.67. The second kappa shape index (κ2) is 9.20. The molecule has 4 amide bonds. The molecule has 35 heavy (non-hydrogen) atoms. The second-order valence-electron chi connectivity index (χ2n) is 9.67. The number of pyridine rings is 1. The van der Waals surface area contributed by atoms with Gasteiger partial charge in [0.25, 0.3) is 5.91 Å². The molecule has 3 fully saturated rings. The molecule has 0 spiro atoms. The third-order valence-corrected chi connectivity index (χ3v) is 7.41. The van der Waals surface area contributed by atoms with Gasteiger partial charge in [-0.3, -0.25) is 14.9 Å². The van der Waals surface area contributed by atoms with Gasteiger partial charge in [-0.1, -0.05) is 12.1 Å². The fraction of sp³-hybridized carbons (Fsp3) is 0.462. The SMILES string of the molecule is COc1cc(-c2cccc(N3CCN(C(=O)CCC4(C5CC5)NC(=O)NC4=O)C[C@@H]3C)c2)ccn1. The standard InChI is InChI=1S/C26H31N5O4/c1-17-16-30(23(32)8-10-26(20-6-7-20)24(33)28-25(34)29-26)12-13-31(17)21-5-3-4-18(14-21)19-9-11-27-22(15-19)35-2/h3-5,9,11,14-15,17,20H,6-8,10,12-13,16H2,1-2H3,(H2,28,29,33,34)/t17-,26?/m0/s1. The number of hydrogen-bond donors (Lipinski definition) is 2. The highest BCUT2D eigenvalue weighted by molar-refractivity contribution is 6.07. The zero-order valence-corrected chi connectivity index (χ0v) is 20.1. The number of nitrogens with zero attached hydrogens (tertiary/aromatic N) is 3. The van der Waals surface area contributed by atoms with E-state index in [4.69, 9.17) is 4.74 Å². The van der Waals surface area contributed by atoms with Crippen LogP contribution in [0.3, 0.4) is 0 Å². The number of anilines is 1. The number of imide groups is 1. The maximum Gasteiger partial charge on any atom is 0.322 e. The van der Waals surface area contributed by atoms with Crippen LogP contribution < -0.4 is 20.3 Å². The minimum absolute atomic E-state index is 0.0307. The van der Waals surface area contributed by atoms with E-state index in [9.17, 15) is 14.4 Å². The monoisotopic (exact) mass is 477 g/mol. The lowest BCUT2D eigenvalue weighted by Gasteiger charge is -2.41. The summed E-state index contributed by atoms with van der Waals surface area (Å²) in [6.45, 7) is 4.07. The lowest BCUT2D eigenvalue weighted by Crippen LogP contribution is -2.54. The number of aromatic nitrogens is 1. The van der Waals surface area contributed by atoms with Gasteiger partial charge in [0.15, 0.2) is 0 Å². The number of methoxy groups -OCH3 is 1. The molecule has 3 aliphatic rings. The molecule has 1 unspecified atom stereocenters. The summed E-state index contributed by atoms with van der Waals surface area (Å²) in [5.74, 6) is 0.447. The van der Waals surface area contributed by atoms with Gasteiger partial charge in [-0.2, -0.15) is 0 Å². The van der Waals surface area contributed by atoms with Crippen LogP contribution in [0.1, 0.15) is 32.6 Å². The highest BCUT2D eigenvalue weighted by Gasteiger charge is 2.55. The number of urea groups is 1. The minimum atomic E-state index is -0.920. The number of rotatable bonds is 7. The summed E-state index contributed by atoms with van der Waals surface area (Å²) < 4.78 is 5.26. The maximum absolute atomic E-state index is 13.1. The minimum Gasteiger partial charge on any atom is -0.481 e. The zero-order valence-electron chi connectivity index (χ0n) is 20.1. The van der Waals surface area contributed by atoms with Crippen LogP contribution in [0.4, 0.5) is 10.5 Å². The molecule has 9 heteroatoms. The van der Waals surface area contributed by atoms with Gasteiger partial charge < -0.3 is 19.9 Å². The average molecular weight is 478 g/mol. The van der Waals surface area contributed by atoms with Crippen molar-refractivity contribution < 1.29 is 19.1 Å². The molecule has 1 saturated carbocycles. The van der Waals surface area contributed by atoms with E-state index in [1.165, 1.54) is 0 Å². The lowest BCUT2D eigenvalue weighted by molar-refractivity contribution is -0.133. The van der Waals surface area contributed by atoms with Crippen molar-refractivity contribution in [2.24, 2.45) is 5.92 Å². The normalized spacial score (nSPS) is 24.2. The first kappa shape index (κ1) is 23.1. The van der Waals surface area contributed by atoms with Crippen LogP contribution in [0.15, 0.2) is 42.6 Å². The number of ether oxygens (including phenoxy) is 1. The molecule has 2 N–H and O–H groups in total. The number of carbonyl (C=O) groups excluding carboxylic acids is 3. The van der Waals surface area contributed by atoms with Crippen molar-refractivity contribution >= 4 is 23.5 Å². The smallest absolute Gasteiger partial charge is 0.322 e. The zero-order chi connectivity index (χ0) is 24.6. The lowest BCUT2D eigenvalue weighted by atomic mass is 9.87. The summed E-state index contributed by atoms with van der Waals surface area (Å²) in [4.78, 5) is 45.7. The molecule has 2 atom stereocenters. The molecule has 1 aliphatic carbocycles. The van der Waals surface area contributed by atoms with Crippen molar-refractivity contribution in [1.82, 2.24) is 20.5 Å². The van der Waals surface area contributed by atoms with Crippen molar-refractivity contribution in [2.45, 2.75) is 44.2 Å². The van der Waals surface area contributed by atoms with Gasteiger partial charge >= 0.3 is 6.03 Å². The first-order valence-electron chi connectivity index (χ1n) is 12.2. The first-order chi connectivity index (χ1) is 16.9. The molecule has 184 valence electrons. The van der Waals surface area contributed by atoms with Crippen LogP contribution in [0, 0.1) is 5.92 Å². The molecule has 9 nitrogen and oxygen atoms in total. The van der Waals surface area contributed by atoms with Crippen molar-refractivity contribution in [3.63, 3.8) is 0 Å². The Morgan fingerprint density at radius 2 is 1.97 bits per heavy atom. The molecule has 5 rings (SSSR count). The Kier molecular flexibility index (Phi) is 6.08. The van der Waals surface area contributed by atoms with Gasteiger partial charge in [-0.25, -0.2) is 9.78 Å². The van der Waals surface area contributed by atoms with Gasteiger partial charge in [0.1, 0.15) is 5.54 Å². The third kappa shape index (κ3) is 4.54. The van der Waals surface area contributed by atoms with E-state index in [0.29, 0.717) is 25.4 Å². The van der Waals surface area contributed by atoms with Gasteiger partial charge in [-0.05, 0) is 61.4 Å². The number of nitrogens with one attached hydrogen (secondary N) is 2. The Labute approximate surface area is 204 Å². The number of benzene rings is 1. The number of amides is 4. The van der Waals surface area contributed by atoms with Crippen LogP contribution >= 0.6 is 0 Å². The Hall–Kier alpha value is -3.62. The van der Waals surface area contributed by atoms with E-state index in [2.05, 4.69) is 45.6 Å². The van der Waals surface area contributed by atoms with Crippen molar-refractivity contribution in [3.05, 3.63) is 42.6 Å². The highest BCUT2D eigenvalue weighted by Crippen LogP contribution is 2.43. The molecule has 1 aromatic heterocycles. The summed E-state index contributed by atoms with van der Waals surface area (Å²) in [5, 5.41) is 5.17. The molecule has 2 aliphatic heterocycles. The van der Waals surface area contributed by atoms with Crippen molar-refractivity contribution in [3.8, 4) is 17.0 Å². The molecule has 0 bridgehead atoms. The van der Waals surface area contributed by atoms with E-state index < -0.39 is 11.6 Å². The molecule has 1 aromatic carbocycles. The maximum atomic E-state index is 13.1. The summed E-state index contributed by atoms with van der Waals surface area (Å²) in [5.41, 5.74) is 2.30. The molecular formula is C26H31N5O4. The Morgan fingerprint density at radius 3 is 2.66 bits per heavy atom. The van der Waals surface area contributed by atoms with Gasteiger partial charge in [0, 0.05) is 50.0 Å². The van der Waals surface area contributed by atoms with E-state index in [1.807, 2.05) is 23.1 Å². The Bertz CT molecular complexity index is 1150. The van der Waals surface area contributed by atoms with Crippen LogP contribution in [-0.2, 0) is 9.59 Å². The van der Waals surface area contributed by atoms with Gasteiger partial charge in [0.2, 0.25) is 11.8 Å². The summed E-state index contributed by atoms with van der Waals surface area (Å²) in [6.07, 6.45) is 4.14. The predicted octanol–water partition coefficient (Wildman–Crippen LogP) is 2.56. The van der Waals surface area contributed by atoms with Gasteiger partial charge in [-0.15, -0.1) is 0 Å². The topological polar surface area (TPSA) is 104 Å². The van der Waals surface area contributed by atoms with E-state index in [1.54, 1.807) is 13.3 Å². The summed E-state index contributed by atoms with van der Waals surface area (Å²) in [6, 6.07) is 11.9. The molecule has 3 heterocycles. The largest absolute Gasteiger partial charge is 0.481 e. The van der Waals surface area contributed by atoms with Crippen LogP contribution in [-0.4, -0.2) is 66.1 Å². The Balaban J connectivity index is 1.22. The van der Waals surface area contributed by atoms with Crippen molar-refractivity contribution in [1.29, 1.82) is 0 Å². The summed E-state index contributed by atoms with van der Waals surface area (Å²) >= 11 is 0. The molecule has 2 saturated heterocycles. The average Bonchev–Trinajstić information content (AvgIpc) is 3.68. The number of carbonyl (C=O) groups is 3. The predicted molar refractivity (Wildman–Crippen MR) is 131 cm³/mol. The van der Waals surface area contributed by atoms with E-state index >= 15 is 0 Å². The molecule has 0 radical (unpaired) electrons. The van der Waals surface area contributed by atoms with Crippen LogP contribution in [0.2, 0.25) is 0 Å². The summed E-state index contributed by atoms with van der Waals surface area (Å²) in [7, 11) is 1.61. The Morgan fingerprint density at radius 1 is 1.17 bits per heavy atom. The van der Waals surface area contributed by atoms with E-state index in [0.717, 1.165) is 36.2 Å². The molecular weight excluding hydrogens is 446 g/mol. The van der Waals surface area contributed by atoms with E-state index in [-0.39, 0.29) is 30.2 Å². The fourth-order valence-corrected chi connectivity index (χ4v) is 5.34. The highest BCUT2D eigenvalue weighted by atomic mass is 16.5. The third-order valence-electron chi connectivity index (χ3n) is 7.41. The first-order valence-corrected chi connectivity index (χ1v) is 12.2. The number of piperazine rings is 1. The fourth-order valence-electron chi connectivity index (χ4n) is 5.34. The van der Waals surface area contributed by atoms with Crippen LogP contribution in [0.25, 0.3) is 11.1 Å².